The van der Waals surface area contributed by atoms with E-state index < -0.39 is 0 Å². The van der Waals surface area contributed by atoms with Gasteiger partial charge in [-0.2, -0.15) is 0 Å². The molecule has 0 saturated heterocycles. The Kier molecular flexibility index (Phi) is 3.99. The highest BCUT2D eigenvalue weighted by molar-refractivity contribution is 5.78. The van der Waals surface area contributed by atoms with Crippen molar-refractivity contribution in [2.24, 2.45) is 4.99 Å². The summed E-state index contributed by atoms with van der Waals surface area (Å²) in [5.74, 6) is 1.26. The van der Waals surface area contributed by atoms with Gasteiger partial charge in [0.1, 0.15) is 23.0 Å². The van der Waals surface area contributed by atoms with Gasteiger partial charge in [0, 0.05) is 24.9 Å². The second kappa shape index (κ2) is 6.43. The number of rotatable bonds is 2. The Morgan fingerprint density at radius 1 is 1.21 bits per heavy atom. The number of oxazole rings is 1. The second-order valence-electron chi connectivity index (χ2n) is 5.91. The molecule has 24 heavy (non-hydrogen) atoms. The normalized spacial score (nSPS) is 17.2. The smallest absolute Gasteiger partial charge is 0.245 e. The third-order valence-electron chi connectivity index (χ3n) is 4.23. The second-order valence-corrected chi connectivity index (χ2v) is 5.91. The Bertz CT molecular complexity index is 835. The Morgan fingerprint density at radius 3 is 3.08 bits per heavy atom. The maximum atomic E-state index is 13.4. The average molecular weight is 323 g/mol. The molecule has 0 radical (unpaired) electrons. The lowest BCUT2D eigenvalue weighted by molar-refractivity contribution is 0.477. The van der Waals surface area contributed by atoms with E-state index in [1.165, 1.54) is 6.07 Å². The van der Waals surface area contributed by atoms with Crippen molar-refractivity contribution in [1.82, 2.24) is 4.98 Å². The van der Waals surface area contributed by atoms with E-state index in [2.05, 4.69) is 27.0 Å². The molecular formula is C19H18FN3O. The molecule has 122 valence electrons. The van der Waals surface area contributed by atoms with Crippen molar-refractivity contribution in [3.05, 3.63) is 65.7 Å². The highest BCUT2D eigenvalue weighted by Crippen LogP contribution is 2.28. The van der Waals surface area contributed by atoms with Crippen LogP contribution in [0.2, 0.25) is 0 Å². The van der Waals surface area contributed by atoms with Crippen LogP contribution >= 0.6 is 0 Å². The third-order valence-corrected chi connectivity index (χ3v) is 4.23. The number of aromatic nitrogens is 1. The van der Waals surface area contributed by atoms with Crippen LogP contribution in [-0.2, 0) is 13.0 Å². The van der Waals surface area contributed by atoms with Crippen LogP contribution in [0.25, 0.3) is 5.70 Å². The largest absolute Gasteiger partial charge is 0.439 e. The van der Waals surface area contributed by atoms with E-state index in [1.54, 1.807) is 18.3 Å². The first kappa shape index (κ1) is 14.9. The van der Waals surface area contributed by atoms with Gasteiger partial charge in [-0.25, -0.2) is 9.37 Å². The molecule has 2 aliphatic rings. The van der Waals surface area contributed by atoms with Crippen LogP contribution in [0, 0.1) is 5.82 Å². The summed E-state index contributed by atoms with van der Waals surface area (Å²) >= 11 is 0. The molecular weight excluding hydrogens is 305 g/mol. The van der Waals surface area contributed by atoms with Crippen LogP contribution in [0.3, 0.4) is 0 Å². The van der Waals surface area contributed by atoms with Gasteiger partial charge in [0.05, 0.1) is 6.54 Å². The van der Waals surface area contributed by atoms with Crippen molar-refractivity contribution in [3.63, 3.8) is 0 Å². The molecule has 0 fully saturated rings. The summed E-state index contributed by atoms with van der Waals surface area (Å²) in [6.07, 6.45) is 10.5. The van der Waals surface area contributed by atoms with E-state index >= 15 is 0 Å². The maximum Gasteiger partial charge on any atom is 0.245 e. The molecule has 0 bridgehead atoms. The van der Waals surface area contributed by atoms with Crippen molar-refractivity contribution in [2.45, 2.75) is 25.8 Å². The molecule has 1 aromatic carbocycles. The molecule has 3 heterocycles. The molecule has 5 heteroatoms. The zero-order chi connectivity index (χ0) is 16.4. The first-order valence-corrected chi connectivity index (χ1v) is 8.18. The molecule has 0 spiro atoms. The number of hydrogen-bond donors (Lipinski definition) is 0. The standard InChI is InChI=1S/C19H18FN3O/c20-14-6-5-7-15(12-14)23-11-9-18-17(13-23)22-19(24-18)16-8-3-1-2-4-10-21-16/h2,4-8,10,12H,1,3,9,11,13H2. The van der Waals surface area contributed by atoms with E-state index in [9.17, 15) is 4.39 Å². The molecule has 2 aromatic rings. The SMILES string of the molecule is Fc1cccc(N2CCc3oc(C4=CCCC=CC=N4)nc3C2)c1. The fourth-order valence-corrected chi connectivity index (χ4v) is 2.99. The summed E-state index contributed by atoms with van der Waals surface area (Å²) < 4.78 is 19.4. The van der Waals surface area contributed by atoms with Gasteiger partial charge < -0.3 is 9.32 Å². The first-order chi connectivity index (χ1) is 11.8. The number of anilines is 1. The van der Waals surface area contributed by atoms with Gasteiger partial charge in [-0.05, 0) is 37.1 Å². The van der Waals surface area contributed by atoms with E-state index in [1.807, 2.05) is 12.1 Å². The van der Waals surface area contributed by atoms with Crippen LogP contribution in [0.4, 0.5) is 10.1 Å². The summed E-state index contributed by atoms with van der Waals surface area (Å²) in [4.78, 5) is 11.2. The minimum absolute atomic E-state index is 0.221. The van der Waals surface area contributed by atoms with Gasteiger partial charge >= 0.3 is 0 Å². The Labute approximate surface area is 140 Å². The minimum Gasteiger partial charge on any atom is -0.439 e. The number of fused-ring (bicyclic) bond motifs is 1. The molecule has 2 aliphatic heterocycles. The molecule has 0 aliphatic carbocycles. The Morgan fingerprint density at radius 2 is 2.17 bits per heavy atom. The minimum atomic E-state index is -0.221. The van der Waals surface area contributed by atoms with Crippen LogP contribution in [0.5, 0.6) is 0 Å². The van der Waals surface area contributed by atoms with Crippen molar-refractivity contribution in [2.75, 3.05) is 11.4 Å². The number of halogens is 1. The number of benzene rings is 1. The van der Waals surface area contributed by atoms with Crippen LogP contribution < -0.4 is 4.90 Å². The lowest BCUT2D eigenvalue weighted by Gasteiger charge is -2.27. The molecule has 0 N–H and O–H groups in total. The predicted molar refractivity (Wildman–Crippen MR) is 92.5 cm³/mol. The van der Waals surface area contributed by atoms with Crippen molar-refractivity contribution >= 4 is 17.6 Å². The summed E-state index contributed by atoms with van der Waals surface area (Å²) in [5.41, 5.74) is 2.57. The number of allylic oxidation sites excluding steroid dienone is 3. The van der Waals surface area contributed by atoms with E-state index in [0.717, 1.165) is 48.6 Å². The Hall–Kier alpha value is -2.69. The predicted octanol–water partition coefficient (Wildman–Crippen LogP) is 4.14. The van der Waals surface area contributed by atoms with Gasteiger partial charge in [0.15, 0.2) is 0 Å². The fourth-order valence-electron chi connectivity index (χ4n) is 2.99. The van der Waals surface area contributed by atoms with Gasteiger partial charge in [0.2, 0.25) is 5.89 Å². The molecule has 4 rings (SSSR count). The van der Waals surface area contributed by atoms with Gasteiger partial charge in [-0.15, -0.1) is 0 Å². The summed E-state index contributed by atoms with van der Waals surface area (Å²) in [6.45, 7) is 1.41. The van der Waals surface area contributed by atoms with Gasteiger partial charge in [-0.1, -0.05) is 18.2 Å². The van der Waals surface area contributed by atoms with Crippen molar-refractivity contribution in [1.29, 1.82) is 0 Å². The molecule has 0 atom stereocenters. The van der Waals surface area contributed by atoms with E-state index in [-0.39, 0.29) is 5.82 Å². The van der Waals surface area contributed by atoms with Crippen LogP contribution in [-0.4, -0.2) is 17.7 Å². The number of hydrogen-bond acceptors (Lipinski definition) is 4. The molecule has 0 saturated carbocycles. The van der Waals surface area contributed by atoms with Crippen LogP contribution in [0.15, 0.2) is 51.9 Å². The topological polar surface area (TPSA) is 41.6 Å². The molecule has 1 aromatic heterocycles. The molecule has 0 unspecified atom stereocenters. The zero-order valence-electron chi connectivity index (χ0n) is 13.3. The van der Waals surface area contributed by atoms with E-state index in [4.69, 9.17) is 4.42 Å². The van der Waals surface area contributed by atoms with E-state index in [0.29, 0.717) is 12.4 Å². The molecule has 0 amide bonds. The lowest BCUT2D eigenvalue weighted by Crippen LogP contribution is -2.30. The maximum absolute atomic E-state index is 13.4. The summed E-state index contributed by atoms with van der Waals surface area (Å²) in [5, 5.41) is 0. The third kappa shape index (κ3) is 3.02. The van der Waals surface area contributed by atoms with Gasteiger partial charge in [0.25, 0.3) is 0 Å². The molecule has 4 nitrogen and oxygen atoms in total. The average Bonchev–Trinajstić information content (AvgIpc) is 2.97. The highest BCUT2D eigenvalue weighted by Gasteiger charge is 2.23. The quantitative estimate of drug-likeness (QED) is 0.834. The fraction of sp³-hybridized carbons (Fsp3) is 0.263. The number of nitrogens with zero attached hydrogens (tertiary/aromatic N) is 3. The first-order valence-electron chi connectivity index (χ1n) is 8.18. The Balaban J connectivity index is 1.59. The highest BCUT2D eigenvalue weighted by atomic mass is 19.1. The zero-order valence-corrected chi connectivity index (χ0v) is 13.3. The van der Waals surface area contributed by atoms with Crippen molar-refractivity contribution in [3.8, 4) is 0 Å². The van der Waals surface area contributed by atoms with Crippen molar-refractivity contribution < 1.29 is 8.81 Å². The summed E-state index contributed by atoms with van der Waals surface area (Å²) in [7, 11) is 0. The van der Waals surface area contributed by atoms with Crippen LogP contribution in [0.1, 0.15) is 30.2 Å². The monoisotopic (exact) mass is 323 g/mol. The summed E-state index contributed by atoms with van der Waals surface area (Å²) in [6, 6.07) is 6.67. The van der Waals surface area contributed by atoms with Gasteiger partial charge in [-0.3, -0.25) is 4.99 Å². The number of aliphatic imine (C=N–C) groups is 1. The lowest BCUT2D eigenvalue weighted by atomic mass is 10.1.